The summed E-state index contributed by atoms with van der Waals surface area (Å²) >= 11 is 0. The van der Waals surface area contributed by atoms with Gasteiger partial charge in [0, 0.05) is 27.9 Å². The van der Waals surface area contributed by atoms with Crippen molar-refractivity contribution in [3.05, 3.63) is 188 Å². The van der Waals surface area contributed by atoms with Gasteiger partial charge in [0.2, 0.25) is 11.9 Å². The van der Waals surface area contributed by atoms with Gasteiger partial charge in [-0.25, -0.2) is 0 Å². The molecule has 0 saturated heterocycles. The van der Waals surface area contributed by atoms with Crippen LogP contribution in [0.25, 0.3) is 39.1 Å². The van der Waals surface area contributed by atoms with Crippen molar-refractivity contribution in [3.63, 3.8) is 0 Å². The van der Waals surface area contributed by atoms with Crippen molar-refractivity contribution >= 4 is 62.3 Å². The van der Waals surface area contributed by atoms with Crippen LogP contribution in [0.15, 0.2) is 182 Å². The highest BCUT2D eigenvalue weighted by atomic mass is 28.3. The Hall–Kier alpha value is -6.70. The van der Waals surface area contributed by atoms with Gasteiger partial charge in [0.15, 0.2) is 13.9 Å². The maximum absolute atomic E-state index is 5.54. The number of nitrogens with zero attached hydrogens (tertiary/aromatic N) is 6. The van der Waals surface area contributed by atoms with E-state index in [2.05, 4.69) is 193 Å². The lowest BCUT2D eigenvalue weighted by molar-refractivity contribution is 0.193. The molecule has 6 nitrogen and oxygen atoms in total. The Balaban J connectivity index is 1.20. The summed E-state index contributed by atoms with van der Waals surface area (Å²) in [4.78, 5) is 23.6. The van der Waals surface area contributed by atoms with Crippen LogP contribution in [0.1, 0.15) is 45.1 Å². The van der Waals surface area contributed by atoms with E-state index in [9.17, 15) is 0 Å². The largest absolute Gasteiger partial charge is 0.302 e. The van der Waals surface area contributed by atoms with Gasteiger partial charge < -0.3 is 4.90 Å². The molecule has 2 aliphatic rings. The van der Waals surface area contributed by atoms with E-state index in [1.807, 2.05) is 12.4 Å². The minimum atomic E-state index is -2.83. The van der Waals surface area contributed by atoms with E-state index in [1.165, 1.54) is 43.5 Å². The number of pyridine rings is 1. The lowest BCUT2D eigenvalue weighted by Gasteiger charge is -2.49. The first kappa shape index (κ1) is 35.5. The number of para-hydroxylation sites is 2. The molecule has 2 atom stereocenters. The van der Waals surface area contributed by atoms with Crippen LogP contribution in [0.2, 0.25) is 0 Å². The monoisotopic (exact) mass is 780 g/mol. The van der Waals surface area contributed by atoms with E-state index in [1.54, 1.807) is 0 Å². The van der Waals surface area contributed by atoms with Crippen LogP contribution in [0.3, 0.4) is 0 Å². The Labute approximate surface area is 345 Å². The summed E-state index contributed by atoms with van der Waals surface area (Å²) in [7, 11) is -2.83. The van der Waals surface area contributed by atoms with Crippen LogP contribution in [0.4, 0.5) is 11.6 Å². The molecule has 1 aliphatic heterocycles. The third-order valence-electron chi connectivity index (χ3n) is 13.7. The minimum absolute atomic E-state index is 0.0878. The smallest absolute Gasteiger partial charge is 0.240 e. The Bertz CT molecular complexity index is 2850. The molecule has 11 rings (SSSR count). The van der Waals surface area contributed by atoms with E-state index in [0.717, 1.165) is 41.5 Å². The molecule has 0 N–H and O–H groups in total. The molecule has 0 radical (unpaired) electrons. The van der Waals surface area contributed by atoms with Gasteiger partial charge in [0.1, 0.15) is 0 Å². The zero-order valence-corrected chi connectivity index (χ0v) is 34.3. The molecule has 4 heterocycles. The number of benzene rings is 6. The lowest BCUT2D eigenvalue weighted by atomic mass is 9.62. The average molecular weight is 781 g/mol. The van der Waals surface area contributed by atoms with Crippen molar-refractivity contribution in [1.29, 1.82) is 0 Å². The van der Waals surface area contributed by atoms with Crippen LogP contribution < -0.4 is 25.6 Å². The Morgan fingerprint density at radius 3 is 1.69 bits per heavy atom. The standard InChI is InChI=1S/C52H44N6Si/c1-51-32-16-17-33-52(51,2)58(47-36-53-34-31-44(47)51)50-55-48(54-49(56-50)57-45-29-14-12-27-42(45)43-28-13-15-30-46(43)57)37-19-18-26-41(35-37)59(38-20-6-3-7-21-38,39-22-8-4-9-23-39)40-24-10-5-11-25-40/h3-15,18-31,34-36H,16-17,32-33H2,1-2H3. The summed E-state index contributed by atoms with van der Waals surface area (Å²) in [5, 5.41) is 7.56. The van der Waals surface area contributed by atoms with Crippen LogP contribution in [0.5, 0.6) is 0 Å². The molecule has 0 amide bonds. The molecule has 0 bridgehead atoms. The van der Waals surface area contributed by atoms with Gasteiger partial charge in [-0.1, -0.05) is 171 Å². The predicted molar refractivity (Wildman–Crippen MR) is 244 cm³/mol. The van der Waals surface area contributed by atoms with Crippen LogP contribution >= 0.6 is 0 Å². The molecule has 2 unspecified atom stereocenters. The average Bonchev–Trinajstić information content (AvgIpc) is 3.74. The summed E-state index contributed by atoms with van der Waals surface area (Å²) in [5.41, 5.74) is 5.14. The first-order valence-electron chi connectivity index (χ1n) is 20.8. The zero-order chi connectivity index (χ0) is 39.6. The number of fused-ring (bicyclic) bond motifs is 6. The molecule has 1 fully saturated rings. The van der Waals surface area contributed by atoms with E-state index >= 15 is 0 Å². The second kappa shape index (κ2) is 13.7. The van der Waals surface area contributed by atoms with E-state index in [-0.39, 0.29) is 11.0 Å². The molecule has 1 aliphatic carbocycles. The molecule has 3 aromatic heterocycles. The number of hydrogen-bond donors (Lipinski definition) is 0. The topological polar surface area (TPSA) is 59.7 Å². The Morgan fingerprint density at radius 1 is 0.525 bits per heavy atom. The SMILES string of the molecule is CC12CCCCC1(C)N(c1nc(-c3cccc([Si](c4ccccc4)(c4ccccc4)c4ccccc4)c3)nc(-n3c4ccccc4c4ccccc43)n1)c1cnccc12. The van der Waals surface area contributed by atoms with Gasteiger partial charge in [0.05, 0.1) is 28.5 Å². The number of rotatable bonds is 7. The molecule has 7 heteroatoms. The van der Waals surface area contributed by atoms with Gasteiger partial charge in [-0.15, -0.1) is 0 Å². The second-order valence-electron chi connectivity index (χ2n) is 16.6. The van der Waals surface area contributed by atoms with Crippen molar-refractivity contribution in [2.45, 2.75) is 50.5 Å². The molecule has 286 valence electrons. The third kappa shape index (κ3) is 5.24. The summed E-state index contributed by atoms with van der Waals surface area (Å²) < 4.78 is 2.22. The number of aromatic nitrogens is 5. The van der Waals surface area contributed by atoms with Gasteiger partial charge in [-0.2, -0.15) is 15.0 Å². The lowest BCUT2D eigenvalue weighted by Crippen LogP contribution is -2.74. The molecule has 6 aromatic carbocycles. The zero-order valence-electron chi connectivity index (χ0n) is 33.3. The van der Waals surface area contributed by atoms with Crippen molar-refractivity contribution in [3.8, 4) is 17.3 Å². The third-order valence-corrected chi connectivity index (χ3v) is 18.4. The molecule has 1 saturated carbocycles. The summed E-state index contributed by atoms with van der Waals surface area (Å²) in [6.07, 6.45) is 8.43. The predicted octanol–water partition coefficient (Wildman–Crippen LogP) is 9.15. The summed E-state index contributed by atoms with van der Waals surface area (Å²) in [5.74, 6) is 1.89. The maximum atomic E-state index is 5.54. The first-order valence-corrected chi connectivity index (χ1v) is 22.8. The number of hydrogen-bond acceptors (Lipinski definition) is 5. The van der Waals surface area contributed by atoms with Crippen LogP contribution in [0, 0.1) is 0 Å². The van der Waals surface area contributed by atoms with E-state index < -0.39 is 8.07 Å². The van der Waals surface area contributed by atoms with Crippen LogP contribution in [-0.4, -0.2) is 38.1 Å². The molecule has 9 aromatic rings. The van der Waals surface area contributed by atoms with Crippen molar-refractivity contribution in [2.75, 3.05) is 4.90 Å². The molecule has 59 heavy (non-hydrogen) atoms. The normalized spacial score (nSPS) is 18.8. The highest BCUT2D eigenvalue weighted by Gasteiger charge is 2.58. The quantitative estimate of drug-likeness (QED) is 0.119. The fraction of sp³-hybridized carbons (Fsp3) is 0.154. The highest BCUT2D eigenvalue weighted by molar-refractivity contribution is 7.19. The maximum Gasteiger partial charge on any atom is 0.240 e. The Morgan fingerprint density at radius 2 is 1.07 bits per heavy atom. The first-order chi connectivity index (χ1) is 29.0. The van der Waals surface area contributed by atoms with Crippen LogP contribution in [-0.2, 0) is 5.41 Å². The van der Waals surface area contributed by atoms with E-state index in [0.29, 0.717) is 17.7 Å². The van der Waals surface area contributed by atoms with Gasteiger partial charge in [-0.3, -0.25) is 9.55 Å². The summed E-state index contributed by atoms with van der Waals surface area (Å²) in [6.45, 7) is 4.85. The Kier molecular flexibility index (Phi) is 8.24. The fourth-order valence-electron chi connectivity index (χ4n) is 10.7. The van der Waals surface area contributed by atoms with Crippen molar-refractivity contribution < 1.29 is 0 Å². The molecular weight excluding hydrogens is 737 g/mol. The van der Waals surface area contributed by atoms with Crippen molar-refractivity contribution in [2.24, 2.45) is 0 Å². The van der Waals surface area contributed by atoms with Gasteiger partial charge in [-0.05, 0) is 64.3 Å². The fourth-order valence-corrected chi connectivity index (χ4v) is 15.5. The molecular formula is C52H44N6Si. The van der Waals surface area contributed by atoms with Gasteiger partial charge >= 0.3 is 0 Å². The highest BCUT2D eigenvalue weighted by Crippen LogP contribution is 2.60. The summed E-state index contributed by atoms with van der Waals surface area (Å²) in [6, 6.07) is 61.6. The molecule has 0 spiro atoms. The minimum Gasteiger partial charge on any atom is -0.302 e. The van der Waals surface area contributed by atoms with E-state index in [4.69, 9.17) is 19.9 Å². The van der Waals surface area contributed by atoms with Crippen molar-refractivity contribution in [1.82, 2.24) is 24.5 Å². The second-order valence-corrected chi connectivity index (χ2v) is 20.4. The van der Waals surface area contributed by atoms with Gasteiger partial charge in [0.25, 0.3) is 0 Å². The number of anilines is 2.